The van der Waals surface area contributed by atoms with Crippen LogP contribution in [0.15, 0.2) is 59.7 Å². The van der Waals surface area contributed by atoms with Gasteiger partial charge in [-0.15, -0.1) is 0 Å². The Hall–Kier alpha value is -3.81. The second-order valence-corrected chi connectivity index (χ2v) is 7.58. The number of hydrogen-bond acceptors (Lipinski definition) is 6. The third kappa shape index (κ3) is 5.91. The molecule has 0 heterocycles. The fourth-order valence-electron chi connectivity index (χ4n) is 3.72. The number of carbonyl (C=O) groups is 3. The lowest BCUT2D eigenvalue weighted by Crippen LogP contribution is -2.36. The van der Waals surface area contributed by atoms with Crippen molar-refractivity contribution in [1.29, 1.82) is 0 Å². The normalized spacial score (nSPS) is 14.2. The van der Waals surface area contributed by atoms with E-state index in [0.717, 1.165) is 5.56 Å². The first-order valence-corrected chi connectivity index (χ1v) is 10.6. The van der Waals surface area contributed by atoms with Gasteiger partial charge in [0.1, 0.15) is 6.61 Å². The highest BCUT2D eigenvalue weighted by molar-refractivity contribution is 6.03. The Bertz CT molecular complexity index is 1050. The average Bonchev–Trinajstić information content (AvgIpc) is 2.85. The van der Waals surface area contributed by atoms with Crippen LogP contribution in [-0.2, 0) is 25.7 Å². The highest BCUT2D eigenvalue weighted by atomic mass is 16.5. The average molecular weight is 453 g/mol. The maximum atomic E-state index is 12.9. The van der Waals surface area contributed by atoms with E-state index < -0.39 is 23.9 Å². The molecule has 2 N–H and O–H groups in total. The largest absolute Gasteiger partial charge is 0.493 e. The van der Waals surface area contributed by atoms with Crippen LogP contribution in [0.5, 0.6) is 11.5 Å². The van der Waals surface area contributed by atoms with Gasteiger partial charge in [-0.1, -0.05) is 36.4 Å². The number of carboxylic acid groups (broad SMARTS) is 1. The van der Waals surface area contributed by atoms with Gasteiger partial charge in [-0.25, -0.2) is 9.59 Å². The maximum absolute atomic E-state index is 12.9. The molecule has 1 unspecified atom stereocenters. The summed E-state index contributed by atoms with van der Waals surface area (Å²) in [5.41, 5.74) is 1.69. The molecule has 1 aliphatic rings. The first-order chi connectivity index (χ1) is 15.9. The van der Waals surface area contributed by atoms with Crippen LogP contribution in [-0.4, -0.2) is 37.2 Å². The van der Waals surface area contributed by atoms with Gasteiger partial charge in [0, 0.05) is 11.1 Å². The zero-order valence-corrected chi connectivity index (χ0v) is 18.6. The number of benzene rings is 2. The van der Waals surface area contributed by atoms with Crippen LogP contribution in [0.4, 0.5) is 0 Å². The topological polar surface area (TPSA) is 111 Å². The number of esters is 1. The Labute approximate surface area is 192 Å². The molecular weight excluding hydrogens is 426 g/mol. The van der Waals surface area contributed by atoms with E-state index >= 15 is 0 Å². The van der Waals surface area contributed by atoms with Gasteiger partial charge in [-0.2, -0.15) is 0 Å². The second kappa shape index (κ2) is 11.2. The molecule has 2 aromatic rings. The van der Waals surface area contributed by atoms with E-state index in [1.54, 1.807) is 18.2 Å². The molecule has 0 saturated heterocycles. The molecular formula is C25H27NO7. The molecule has 0 saturated carbocycles. The fourth-order valence-corrected chi connectivity index (χ4v) is 3.72. The lowest BCUT2D eigenvalue weighted by atomic mass is 9.91. The van der Waals surface area contributed by atoms with Crippen LogP contribution < -0.4 is 14.8 Å². The molecule has 8 nitrogen and oxygen atoms in total. The van der Waals surface area contributed by atoms with E-state index in [-0.39, 0.29) is 11.1 Å². The van der Waals surface area contributed by atoms with Crippen LogP contribution in [0.3, 0.4) is 0 Å². The summed E-state index contributed by atoms with van der Waals surface area (Å²) in [5.74, 6) is -1.53. The lowest BCUT2D eigenvalue weighted by Gasteiger charge is -2.22. The maximum Gasteiger partial charge on any atom is 0.333 e. The van der Waals surface area contributed by atoms with Gasteiger partial charge in [-0.3, -0.25) is 4.79 Å². The number of carbonyl (C=O) groups excluding carboxylic acids is 2. The van der Waals surface area contributed by atoms with Gasteiger partial charge in [0.05, 0.1) is 14.2 Å². The zero-order chi connectivity index (χ0) is 23.8. The molecule has 1 aliphatic carbocycles. The van der Waals surface area contributed by atoms with Gasteiger partial charge in [0.25, 0.3) is 0 Å². The smallest absolute Gasteiger partial charge is 0.333 e. The van der Waals surface area contributed by atoms with E-state index in [9.17, 15) is 19.5 Å². The van der Waals surface area contributed by atoms with Crippen molar-refractivity contribution in [3.63, 3.8) is 0 Å². The Morgan fingerprint density at radius 1 is 0.970 bits per heavy atom. The van der Waals surface area contributed by atoms with Crippen LogP contribution in [0.25, 0.3) is 0 Å². The quantitative estimate of drug-likeness (QED) is 0.559. The van der Waals surface area contributed by atoms with Gasteiger partial charge in [-0.05, 0) is 48.9 Å². The molecule has 174 valence electrons. The molecule has 33 heavy (non-hydrogen) atoms. The molecule has 8 heteroatoms. The number of rotatable bonds is 9. The van der Waals surface area contributed by atoms with Crippen molar-refractivity contribution >= 4 is 17.8 Å². The third-order valence-electron chi connectivity index (χ3n) is 5.47. The Morgan fingerprint density at radius 3 is 2.30 bits per heavy atom. The predicted octanol–water partition coefficient (Wildman–Crippen LogP) is 3.56. The predicted molar refractivity (Wildman–Crippen MR) is 120 cm³/mol. The summed E-state index contributed by atoms with van der Waals surface area (Å²) in [6, 6.07) is 13.4. The summed E-state index contributed by atoms with van der Waals surface area (Å²) >= 11 is 0. The number of aliphatic carboxylic acids is 1. The number of ether oxygens (including phenoxy) is 3. The van der Waals surface area contributed by atoms with Crippen LogP contribution >= 0.6 is 0 Å². The number of methoxy groups -OCH3 is 2. The minimum absolute atomic E-state index is 0.0876. The standard InChI is InChI=1S/C25H27NO7/c1-31-21-14-17(12-13-20(21)33-15-16-8-4-3-5-9-16)22(25(30)32-2)26-23(27)18-10-6-7-11-19(18)24(28)29/h3-5,8-9,12-14,22H,6-7,10-11,15H2,1-2H3,(H,26,27)(H,28,29). The minimum atomic E-state index is -1.14. The molecule has 3 rings (SSSR count). The number of carboxylic acids is 1. The molecule has 2 aromatic carbocycles. The molecule has 0 aliphatic heterocycles. The van der Waals surface area contributed by atoms with E-state index in [2.05, 4.69) is 5.32 Å². The second-order valence-electron chi connectivity index (χ2n) is 7.58. The molecule has 1 amide bonds. The van der Waals surface area contributed by atoms with Crippen LogP contribution in [0, 0.1) is 0 Å². The molecule has 0 fully saturated rings. The van der Waals surface area contributed by atoms with Gasteiger partial charge >= 0.3 is 11.9 Å². The molecule has 1 atom stereocenters. The fraction of sp³-hybridized carbons (Fsp3) is 0.320. The van der Waals surface area contributed by atoms with E-state index in [4.69, 9.17) is 14.2 Å². The van der Waals surface area contributed by atoms with E-state index in [0.29, 0.717) is 49.4 Å². The zero-order valence-electron chi connectivity index (χ0n) is 18.6. The van der Waals surface area contributed by atoms with E-state index in [1.165, 1.54) is 14.2 Å². The van der Waals surface area contributed by atoms with Crippen molar-refractivity contribution in [3.8, 4) is 11.5 Å². The monoisotopic (exact) mass is 453 g/mol. The molecule has 0 radical (unpaired) electrons. The number of hydrogen-bond donors (Lipinski definition) is 2. The highest BCUT2D eigenvalue weighted by Gasteiger charge is 2.29. The van der Waals surface area contributed by atoms with Crippen LogP contribution in [0.1, 0.15) is 42.9 Å². The minimum Gasteiger partial charge on any atom is -0.493 e. The van der Waals surface area contributed by atoms with Gasteiger partial charge in [0.2, 0.25) is 5.91 Å². The van der Waals surface area contributed by atoms with Gasteiger partial charge in [0.15, 0.2) is 17.5 Å². The molecule has 0 spiro atoms. The summed E-state index contributed by atoms with van der Waals surface area (Å²) in [6.45, 7) is 0.333. The van der Waals surface area contributed by atoms with Crippen molar-refractivity contribution < 1.29 is 33.7 Å². The van der Waals surface area contributed by atoms with Crippen molar-refractivity contribution in [3.05, 3.63) is 70.8 Å². The molecule has 0 bridgehead atoms. The summed E-state index contributed by atoms with van der Waals surface area (Å²) in [5, 5.41) is 12.1. The lowest BCUT2D eigenvalue weighted by molar-refractivity contribution is -0.144. The summed E-state index contributed by atoms with van der Waals surface area (Å²) < 4.78 is 16.2. The Kier molecular flexibility index (Phi) is 8.07. The summed E-state index contributed by atoms with van der Waals surface area (Å²) in [7, 11) is 2.70. The molecule has 0 aromatic heterocycles. The van der Waals surface area contributed by atoms with Crippen molar-refractivity contribution in [2.45, 2.75) is 38.3 Å². The first-order valence-electron chi connectivity index (χ1n) is 10.6. The van der Waals surface area contributed by atoms with E-state index in [1.807, 2.05) is 30.3 Å². The van der Waals surface area contributed by atoms with Crippen molar-refractivity contribution in [2.75, 3.05) is 14.2 Å². The number of amides is 1. The van der Waals surface area contributed by atoms with Crippen molar-refractivity contribution in [1.82, 2.24) is 5.32 Å². The Balaban J connectivity index is 1.84. The highest BCUT2D eigenvalue weighted by Crippen LogP contribution is 2.32. The Morgan fingerprint density at radius 2 is 1.67 bits per heavy atom. The summed E-state index contributed by atoms with van der Waals surface area (Å²) in [6.07, 6.45) is 2.09. The van der Waals surface area contributed by atoms with Crippen molar-refractivity contribution in [2.24, 2.45) is 0 Å². The SMILES string of the molecule is COC(=O)C(NC(=O)C1=C(C(=O)O)CCCC1)c1ccc(OCc2ccccc2)c(OC)c1. The van der Waals surface area contributed by atoms with Crippen LogP contribution in [0.2, 0.25) is 0 Å². The number of nitrogens with one attached hydrogen (secondary N) is 1. The first kappa shape index (κ1) is 23.8. The third-order valence-corrected chi connectivity index (χ3v) is 5.47. The summed E-state index contributed by atoms with van der Waals surface area (Å²) in [4.78, 5) is 36.9. The van der Waals surface area contributed by atoms with Gasteiger partial charge < -0.3 is 24.6 Å².